The summed E-state index contributed by atoms with van der Waals surface area (Å²) in [4.78, 5) is 28.6. The van der Waals surface area contributed by atoms with Crippen molar-refractivity contribution in [1.29, 1.82) is 0 Å². The molecule has 184 valence electrons. The van der Waals surface area contributed by atoms with E-state index in [0.717, 1.165) is 38.2 Å². The number of carbonyl (C=O) groups excluding carboxylic acids is 2. The standard InChI is InChI=1S/C28H32FN3O2S/c1-20(33)30-25-9-7-21(8-10-25)18-32-14-11-22(12-15-32)27(17-23-5-3-4-6-26(23)29)31(2)28(34)24-13-16-35-19-24/h3-10,13,16,19,22,27H,11-12,14-15,17-18H2,1-2H3,(H,30,33)/t27-/m1/s1. The maximum absolute atomic E-state index is 14.5. The van der Waals surface area contributed by atoms with Crippen LogP contribution in [0.5, 0.6) is 0 Å². The van der Waals surface area contributed by atoms with Crippen LogP contribution >= 0.6 is 11.3 Å². The van der Waals surface area contributed by atoms with Crippen LogP contribution in [0.15, 0.2) is 65.4 Å². The number of hydrogen-bond acceptors (Lipinski definition) is 4. The van der Waals surface area contributed by atoms with Gasteiger partial charge in [-0.2, -0.15) is 11.3 Å². The summed E-state index contributed by atoms with van der Waals surface area (Å²) in [6.45, 7) is 4.19. The van der Waals surface area contributed by atoms with Gasteiger partial charge in [0.1, 0.15) is 5.82 Å². The zero-order valence-corrected chi connectivity index (χ0v) is 21.1. The van der Waals surface area contributed by atoms with Gasteiger partial charge in [0.2, 0.25) is 5.91 Å². The largest absolute Gasteiger partial charge is 0.338 e. The number of piperidine rings is 1. The first-order valence-electron chi connectivity index (χ1n) is 12.0. The molecule has 0 radical (unpaired) electrons. The molecule has 0 unspecified atom stereocenters. The second kappa shape index (κ2) is 11.6. The van der Waals surface area contributed by atoms with E-state index in [1.165, 1.54) is 29.9 Å². The molecule has 1 saturated heterocycles. The maximum atomic E-state index is 14.5. The van der Waals surface area contributed by atoms with E-state index < -0.39 is 0 Å². The number of rotatable bonds is 8. The number of halogens is 1. The lowest BCUT2D eigenvalue weighted by Gasteiger charge is -2.40. The van der Waals surface area contributed by atoms with Crippen LogP contribution in [0, 0.1) is 11.7 Å². The van der Waals surface area contributed by atoms with Gasteiger partial charge in [0.15, 0.2) is 0 Å². The molecule has 0 aliphatic carbocycles. The molecule has 3 aromatic rings. The fourth-order valence-corrected chi connectivity index (χ4v) is 5.53. The first-order chi connectivity index (χ1) is 16.9. The average molecular weight is 494 g/mol. The van der Waals surface area contributed by atoms with Gasteiger partial charge in [-0.25, -0.2) is 4.39 Å². The molecule has 1 aliphatic rings. The van der Waals surface area contributed by atoms with E-state index >= 15 is 0 Å². The van der Waals surface area contributed by atoms with Crippen molar-refractivity contribution in [3.8, 4) is 0 Å². The summed E-state index contributed by atoms with van der Waals surface area (Å²) in [6, 6.07) is 16.6. The third-order valence-electron chi connectivity index (χ3n) is 6.83. The van der Waals surface area contributed by atoms with Crippen LogP contribution in [0.3, 0.4) is 0 Å². The summed E-state index contributed by atoms with van der Waals surface area (Å²) in [6.07, 6.45) is 2.41. The van der Waals surface area contributed by atoms with Crippen molar-refractivity contribution < 1.29 is 14.0 Å². The molecule has 2 aromatic carbocycles. The first kappa shape index (κ1) is 25.1. The molecule has 2 amide bonds. The van der Waals surface area contributed by atoms with Crippen molar-refractivity contribution >= 4 is 28.8 Å². The van der Waals surface area contributed by atoms with E-state index in [2.05, 4.69) is 10.2 Å². The van der Waals surface area contributed by atoms with E-state index in [1.54, 1.807) is 6.07 Å². The number of benzene rings is 2. The van der Waals surface area contributed by atoms with Crippen LogP contribution in [0.4, 0.5) is 10.1 Å². The summed E-state index contributed by atoms with van der Waals surface area (Å²) < 4.78 is 14.5. The third kappa shape index (κ3) is 6.55. The molecule has 0 saturated carbocycles. The Kier molecular flexibility index (Phi) is 8.31. The van der Waals surface area contributed by atoms with Gasteiger partial charge in [-0.15, -0.1) is 0 Å². The van der Waals surface area contributed by atoms with Gasteiger partial charge in [-0.05, 0) is 79.0 Å². The zero-order chi connectivity index (χ0) is 24.8. The van der Waals surface area contributed by atoms with Gasteiger partial charge in [-0.1, -0.05) is 30.3 Å². The smallest absolute Gasteiger partial charge is 0.254 e. The number of nitrogens with zero attached hydrogens (tertiary/aromatic N) is 2. The SMILES string of the molecule is CC(=O)Nc1ccc(CN2CCC([C@@H](Cc3ccccc3F)N(C)C(=O)c3ccsc3)CC2)cc1. The van der Waals surface area contributed by atoms with Gasteiger partial charge >= 0.3 is 0 Å². The molecule has 1 fully saturated rings. The quantitative estimate of drug-likeness (QED) is 0.455. The van der Waals surface area contributed by atoms with Crippen LogP contribution in [0.1, 0.15) is 41.3 Å². The van der Waals surface area contributed by atoms with E-state index in [1.807, 2.05) is 65.2 Å². The van der Waals surface area contributed by atoms with Crippen molar-refractivity contribution in [2.24, 2.45) is 5.92 Å². The number of carbonyl (C=O) groups is 2. The molecule has 1 aliphatic heterocycles. The summed E-state index contributed by atoms with van der Waals surface area (Å²) >= 11 is 1.51. The van der Waals surface area contributed by atoms with Crippen LogP contribution in [-0.2, 0) is 17.8 Å². The summed E-state index contributed by atoms with van der Waals surface area (Å²) in [5, 5.41) is 6.58. The molecule has 0 spiro atoms. The maximum Gasteiger partial charge on any atom is 0.254 e. The topological polar surface area (TPSA) is 52.7 Å². The Hall–Kier alpha value is -3.03. The van der Waals surface area contributed by atoms with Crippen LogP contribution in [0.2, 0.25) is 0 Å². The fourth-order valence-electron chi connectivity index (χ4n) is 4.90. The Bertz CT molecular complexity index is 1130. The third-order valence-corrected chi connectivity index (χ3v) is 7.51. The highest BCUT2D eigenvalue weighted by Gasteiger charge is 2.32. The second-order valence-electron chi connectivity index (χ2n) is 9.28. The molecule has 1 atom stereocenters. The molecular formula is C28H32FN3O2S. The minimum atomic E-state index is -0.214. The molecule has 0 bridgehead atoms. The van der Waals surface area contributed by atoms with Crippen molar-refractivity contribution in [3.63, 3.8) is 0 Å². The highest BCUT2D eigenvalue weighted by molar-refractivity contribution is 7.08. The predicted octanol–water partition coefficient (Wildman–Crippen LogP) is 5.44. The number of nitrogens with one attached hydrogen (secondary N) is 1. The van der Waals surface area contributed by atoms with Crippen molar-refractivity contribution in [2.75, 3.05) is 25.5 Å². The number of likely N-dealkylation sites (N-methyl/N-ethyl adjacent to an activating group) is 1. The lowest BCUT2D eigenvalue weighted by molar-refractivity contribution is -0.114. The van der Waals surface area contributed by atoms with E-state index in [9.17, 15) is 14.0 Å². The molecular weight excluding hydrogens is 461 g/mol. The normalized spacial score (nSPS) is 15.5. The van der Waals surface area contributed by atoms with E-state index in [4.69, 9.17) is 0 Å². The van der Waals surface area contributed by atoms with Crippen LogP contribution in [-0.4, -0.2) is 47.8 Å². The summed E-state index contributed by atoms with van der Waals surface area (Å²) in [7, 11) is 1.86. The first-order valence-corrected chi connectivity index (χ1v) is 13.0. The van der Waals surface area contributed by atoms with Gasteiger partial charge in [-0.3, -0.25) is 14.5 Å². The highest BCUT2D eigenvalue weighted by atomic mass is 32.1. The van der Waals surface area contributed by atoms with Crippen LogP contribution in [0.25, 0.3) is 0 Å². The number of likely N-dealkylation sites (tertiary alicyclic amines) is 1. The number of anilines is 1. The highest BCUT2D eigenvalue weighted by Crippen LogP contribution is 2.29. The molecule has 4 rings (SSSR count). The Morgan fingerprint density at radius 1 is 1.11 bits per heavy atom. The number of hydrogen-bond donors (Lipinski definition) is 1. The van der Waals surface area contributed by atoms with Crippen molar-refractivity contribution in [2.45, 2.75) is 38.8 Å². The van der Waals surface area contributed by atoms with E-state index in [0.29, 0.717) is 23.5 Å². The number of amides is 2. The molecule has 1 aromatic heterocycles. The Morgan fingerprint density at radius 3 is 2.46 bits per heavy atom. The lowest BCUT2D eigenvalue weighted by atomic mass is 9.84. The predicted molar refractivity (Wildman–Crippen MR) is 139 cm³/mol. The lowest BCUT2D eigenvalue weighted by Crippen LogP contribution is -2.47. The van der Waals surface area contributed by atoms with Crippen LogP contribution < -0.4 is 5.32 Å². The van der Waals surface area contributed by atoms with Gasteiger partial charge in [0.05, 0.1) is 5.56 Å². The zero-order valence-electron chi connectivity index (χ0n) is 20.2. The summed E-state index contributed by atoms with van der Waals surface area (Å²) in [5.74, 6) is -0.00361. The van der Waals surface area contributed by atoms with Gasteiger partial charge < -0.3 is 10.2 Å². The Labute approximate surface area is 210 Å². The fraction of sp³-hybridized carbons (Fsp3) is 0.357. The monoisotopic (exact) mass is 493 g/mol. The number of thiophene rings is 1. The molecule has 1 N–H and O–H groups in total. The Balaban J connectivity index is 1.42. The minimum absolute atomic E-state index is 0.00530. The molecule has 5 nitrogen and oxygen atoms in total. The molecule has 7 heteroatoms. The molecule has 35 heavy (non-hydrogen) atoms. The van der Waals surface area contributed by atoms with Gasteiger partial charge in [0, 0.05) is 37.6 Å². The van der Waals surface area contributed by atoms with Crippen molar-refractivity contribution in [1.82, 2.24) is 9.80 Å². The van der Waals surface area contributed by atoms with Gasteiger partial charge in [0.25, 0.3) is 5.91 Å². The summed E-state index contributed by atoms with van der Waals surface area (Å²) in [5.41, 5.74) is 3.35. The second-order valence-corrected chi connectivity index (χ2v) is 10.1. The minimum Gasteiger partial charge on any atom is -0.338 e. The molecule has 2 heterocycles. The van der Waals surface area contributed by atoms with Crippen molar-refractivity contribution in [3.05, 3.63) is 87.9 Å². The Morgan fingerprint density at radius 2 is 1.83 bits per heavy atom. The van der Waals surface area contributed by atoms with E-state index in [-0.39, 0.29) is 23.7 Å². The average Bonchev–Trinajstić information content (AvgIpc) is 3.39.